The molecule has 0 spiro atoms. The van der Waals surface area contributed by atoms with Gasteiger partial charge in [0, 0.05) is 18.4 Å². The van der Waals surface area contributed by atoms with Gasteiger partial charge in [-0.1, -0.05) is 15.9 Å². The van der Waals surface area contributed by atoms with Gasteiger partial charge in [-0.05, 0) is 18.2 Å². The molecule has 13 heavy (non-hydrogen) atoms. The Morgan fingerprint density at radius 3 is 2.62 bits per heavy atom. The molecule has 0 saturated carbocycles. The number of anilines is 1. The van der Waals surface area contributed by atoms with Crippen molar-refractivity contribution >= 4 is 27.5 Å². The molecule has 1 aromatic carbocycles. The van der Waals surface area contributed by atoms with E-state index >= 15 is 0 Å². The van der Waals surface area contributed by atoms with Crippen LogP contribution in [0.4, 0.5) is 10.1 Å². The molecule has 1 amide bonds. The average molecular weight is 246 g/mol. The van der Waals surface area contributed by atoms with E-state index in [0.717, 1.165) is 0 Å². The van der Waals surface area contributed by atoms with Crippen LogP contribution >= 0.6 is 15.9 Å². The minimum atomic E-state index is -0.410. The highest BCUT2D eigenvalue weighted by Gasteiger charge is 2.10. The number of hydrogen-bond acceptors (Lipinski definition) is 1. The molecule has 0 N–H and O–H groups in total. The van der Waals surface area contributed by atoms with E-state index < -0.39 is 5.82 Å². The third-order valence-electron chi connectivity index (χ3n) is 1.74. The summed E-state index contributed by atoms with van der Waals surface area (Å²) in [4.78, 5) is 12.2. The van der Waals surface area contributed by atoms with E-state index in [9.17, 15) is 9.18 Å². The highest BCUT2D eigenvalue weighted by atomic mass is 79.9. The van der Waals surface area contributed by atoms with Crippen LogP contribution in [0.1, 0.15) is 6.92 Å². The quantitative estimate of drug-likeness (QED) is 0.745. The number of carbonyl (C=O) groups excluding carboxylic acids is 1. The number of rotatable bonds is 1. The Balaban J connectivity index is 3.08. The van der Waals surface area contributed by atoms with Crippen LogP contribution in [0.3, 0.4) is 0 Å². The van der Waals surface area contributed by atoms with Gasteiger partial charge in [-0.2, -0.15) is 0 Å². The zero-order valence-electron chi connectivity index (χ0n) is 7.34. The fourth-order valence-corrected chi connectivity index (χ4v) is 1.26. The van der Waals surface area contributed by atoms with Crippen molar-refractivity contribution in [1.29, 1.82) is 0 Å². The van der Waals surface area contributed by atoms with Gasteiger partial charge in [-0.3, -0.25) is 4.79 Å². The van der Waals surface area contributed by atoms with Gasteiger partial charge in [-0.15, -0.1) is 0 Å². The molecule has 0 saturated heterocycles. The molecule has 0 fully saturated rings. The fourth-order valence-electron chi connectivity index (χ4n) is 0.923. The molecule has 1 rings (SSSR count). The maximum absolute atomic E-state index is 13.2. The van der Waals surface area contributed by atoms with Gasteiger partial charge in [0.1, 0.15) is 5.82 Å². The van der Waals surface area contributed by atoms with Crippen molar-refractivity contribution in [2.45, 2.75) is 6.92 Å². The topological polar surface area (TPSA) is 20.3 Å². The van der Waals surface area contributed by atoms with Crippen molar-refractivity contribution in [3.05, 3.63) is 28.5 Å². The third kappa shape index (κ3) is 2.28. The first-order valence-electron chi connectivity index (χ1n) is 3.71. The van der Waals surface area contributed by atoms with Gasteiger partial charge in [0.15, 0.2) is 0 Å². The van der Waals surface area contributed by atoms with Crippen LogP contribution in [-0.4, -0.2) is 13.0 Å². The lowest BCUT2D eigenvalue weighted by molar-refractivity contribution is -0.116. The maximum Gasteiger partial charge on any atom is 0.223 e. The molecule has 1 aromatic rings. The molecule has 0 bridgehead atoms. The van der Waals surface area contributed by atoms with Crippen molar-refractivity contribution in [1.82, 2.24) is 0 Å². The van der Waals surface area contributed by atoms with E-state index in [-0.39, 0.29) is 11.6 Å². The smallest absolute Gasteiger partial charge is 0.223 e. The lowest BCUT2D eigenvalue weighted by Crippen LogP contribution is -2.23. The number of carbonyl (C=O) groups is 1. The van der Waals surface area contributed by atoms with E-state index in [1.807, 2.05) is 0 Å². The molecule has 0 aliphatic rings. The summed E-state index contributed by atoms with van der Waals surface area (Å²) in [6, 6.07) is 4.58. The van der Waals surface area contributed by atoms with Gasteiger partial charge < -0.3 is 4.90 Å². The van der Waals surface area contributed by atoms with E-state index in [4.69, 9.17) is 0 Å². The minimum Gasteiger partial charge on any atom is -0.313 e. The summed E-state index contributed by atoms with van der Waals surface area (Å²) < 4.78 is 13.9. The Labute approximate surface area is 84.5 Å². The second-order valence-electron chi connectivity index (χ2n) is 2.67. The fraction of sp³-hybridized carbons (Fsp3) is 0.222. The summed E-state index contributed by atoms with van der Waals surface area (Å²) in [6.07, 6.45) is 0. The number of hydrogen-bond donors (Lipinski definition) is 0. The molecule has 4 heteroatoms. The molecular formula is C9H9BrFNO. The first-order valence-corrected chi connectivity index (χ1v) is 4.51. The molecule has 0 atom stereocenters. The summed E-state index contributed by atoms with van der Waals surface area (Å²) in [5, 5.41) is 0. The van der Waals surface area contributed by atoms with E-state index in [2.05, 4.69) is 15.9 Å². The van der Waals surface area contributed by atoms with Gasteiger partial charge in [-0.25, -0.2) is 4.39 Å². The highest BCUT2D eigenvalue weighted by Crippen LogP contribution is 2.22. The van der Waals surface area contributed by atoms with Gasteiger partial charge in [0.05, 0.1) is 5.69 Å². The third-order valence-corrected chi connectivity index (χ3v) is 2.24. The van der Waals surface area contributed by atoms with Crippen molar-refractivity contribution < 1.29 is 9.18 Å². The Bertz CT molecular complexity index is 340. The molecule has 0 unspecified atom stereocenters. The molecule has 70 valence electrons. The van der Waals surface area contributed by atoms with E-state index in [0.29, 0.717) is 4.47 Å². The Morgan fingerprint density at radius 1 is 1.54 bits per heavy atom. The molecule has 0 heterocycles. The van der Waals surface area contributed by atoms with Crippen LogP contribution in [0.5, 0.6) is 0 Å². The zero-order valence-corrected chi connectivity index (χ0v) is 8.93. The molecule has 0 aliphatic heterocycles. The minimum absolute atomic E-state index is 0.193. The standard InChI is InChI=1S/C9H9BrFNO/c1-6(13)12(2)9-4-3-7(10)5-8(9)11/h3-5H,1-2H3. The monoisotopic (exact) mass is 245 g/mol. The predicted octanol–water partition coefficient (Wildman–Crippen LogP) is 2.57. The number of halogens is 2. The van der Waals surface area contributed by atoms with Crippen LogP contribution in [0.25, 0.3) is 0 Å². The summed E-state index contributed by atoms with van der Waals surface area (Å²) in [6.45, 7) is 1.39. The molecule has 0 aliphatic carbocycles. The summed E-state index contributed by atoms with van der Waals surface area (Å²) in [5.74, 6) is -0.603. The number of benzene rings is 1. The molecule has 0 radical (unpaired) electrons. The average Bonchev–Trinajstić information content (AvgIpc) is 2.03. The van der Waals surface area contributed by atoms with Gasteiger partial charge >= 0.3 is 0 Å². The Hall–Kier alpha value is -0.900. The first kappa shape index (κ1) is 10.2. The van der Waals surface area contributed by atoms with E-state index in [1.165, 1.54) is 24.9 Å². The maximum atomic E-state index is 13.2. The largest absolute Gasteiger partial charge is 0.313 e. The van der Waals surface area contributed by atoms with Crippen LogP contribution < -0.4 is 4.90 Å². The second-order valence-corrected chi connectivity index (χ2v) is 3.59. The van der Waals surface area contributed by atoms with Crippen LogP contribution in [0.2, 0.25) is 0 Å². The highest BCUT2D eigenvalue weighted by molar-refractivity contribution is 9.10. The Morgan fingerprint density at radius 2 is 2.15 bits per heavy atom. The van der Waals surface area contributed by atoms with E-state index in [1.54, 1.807) is 12.1 Å². The Kier molecular flexibility index (Phi) is 3.03. The van der Waals surface area contributed by atoms with Crippen molar-refractivity contribution in [3.8, 4) is 0 Å². The normalized spacial score (nSPS) is 9.85. The summed E-state index contributed by atoms with van der Waals surface area (Å²) >= 11 is 3.14. The first-order chi connectivity index (χ1) is 6.02. The summed E-state index contributed by atoms with van der Waals surface area (Å²) in [5.41, 5.74) is 0.288. The number of nitrogens with zero attached hydrogens (tertiary/aromatic N) is 1. The van der Waals surface area contributed by atoms with Crippen molar-refractivity contribution in [2.75, 3.05) is 11.9 Å². The molecular weight excluding hydrogens is 237 g/mol. The summed E-state index contributed by atoms with van der Waals surface area (Å²) in [7, 11) is 1.54. The van der Waals surface area contributed by atoms with Crippen molar-refractivity contribution in [2.24, 2.45) is 0 Å². The van der Waals surface area contributed by atoms with Gasteiger partial charge in [0.2, 0.25) is 5.91 Å². The van der Waals surface area contributed by atoms with Crippen LogP contribution in [0, 0.1) is 5.82 Å². The van der Waals surface area contributed by atoms with Crippen molar-refractivity contribution in [3.63, 3.8) is 0 Å². The van der Waals surface area contributed by atoms with Gasteiger partial charge in [0.25, 0.3) is 0 Å². The predicted molar refractivity (Wildman–Crippen MR) is 53.2 cm³/mol. The molecule has 2 nitrogen and oxygen atoms in total. The SMILES string of the molecule is CC(=O)N(C)c1ccc(Br)cc1F. The van der Waals surface area contributed by atoms with Crippen LogP contribution in [0.15, 0.2) is 22.7 Å². The second kappa shape index (κ2) is 3.87. The molecule has 0 aromatic heterocycles. The van der Waals surface area contributed by atoms with Crippen LogP contribution in [-0.2, 0) is 4.79 Å². The zero-order chi connectivity index (χ0) is 10.0. The lowest BCUT2D eigenvalue weighted by Gasteiger charge is -2.15. The number of amides is 1. The lowest BCUT2D eigenvalue weighted by atomic mass is 10.3.